The SMILES string of the molecule is COc1cc2[nH]c(O)c(N=NC(=O)C(C)C)c2cc1OC. The standard InChI is InChI=1S/C14H17N3O4/c1-7(2)13(18)17-16-12-8-5-10(20-3)11(21-4)6-9(8)15-14(12)19/h5-7,15,19H,1-4H3. The average molecular weight is 291 g/mol. The van der Waals surface area contributed by atoms with Crippen molar-refractivity contribution >= 4 is 22.5 Å². The lowest BCUT2D eigenvalue weighted by Gasteiger charge is -2.06. The summed E-state index contributed by atoms with van der Waals surface area (Å²) >= 11 is 0. The fourth-order valence-corrected chi connectivity index (χ4v) is 1.81. The van der Waals surface area contributed by atoms with Gasteiger partial charge in [-0.05, 0) is 6.07 Å². The number of carbonyl (C=O) groups is 1. The molecule has 0 aliphatic carbocycles. The van der Waals surface area contributed by atoms with Crippen LogP contribution in [0.25, 0.3) is 10.9 Å². The number of aromatic nitrogens is 1. The molecule has 0 aliphatic heterocycles. The van der Waals surface area contributed by atoms with Crippen LogP contribution in [0.2, 0.25) is 0 Å². The molecule has 2 aromatic rings. The minimum Gasteiger partial charge on any atom is -0.493 e. The lowest BCUT2D eigenvalue weighted by molar-refractivity contribution is -0.121. The van der Waals surface area contributed by atoms with Crippen molar-refractivity contribution < 1.29 is 19.4 Å². The molecule has 0 saturated carbocycles. The Balaban J connectivity index is 2.54. The number of rotatable bonds is 4. The van der Waals surface area contributed by atoms with Gasteiger partial charge in [0.25, 0.3) is 5.91 Å². The summed E-state index contributed by atoms with van der Waals surface area (Å²) in [6.07, 6.45) is 0. The van der Waals surface area contributed by atoms with Crippen LogP contribution in [0, 0.1) is 5.92 Å². The number of nitrogens with one attached hydrogen (secondary N) is 1. The Hall–Kier alpha value is -2.57. The average Bonchev–Trinajstić information content (AvgIpc) is 2.77. The summed E-state index contributed by atoms with van der Waals surface area (Å²) in [5, 5.41) is 18.0. The van der Waals surface area contributed by atoms with Crippen LogP contribution < -0.4 is 9.47 Å². The van der Waals surface area contributed by atoms with Gasteiger partial charge < -0.3 is 19.6 Å². The number of fused-ring (bicyclic) bond motifs is 1. The number of H-pyrrole nitrogens is 1. The minimum absolute atomic E-state index is 0.166. The molecule has 0 spiro atoms. The van der Waals surface area contributed by atoms with E-state index in [-0.39, 0.29) is 23.4 Å². The number of hydrogen-bond donors (Lipinski definition) is 2. The van der Waals surface area contributed by atoms with Crippen LogP contribution in [-0.4, -0.2) is 30.2 Å². The number of azo groups is 1. The molecule has 1 heterocycles. The maximum absolute atomic E-state index is 11.5. The third-order valence-electron chi connectivity index (χ3n) is 3.00. The van der Waals surface area contributed by atoms with Crippen LogP contribution >= 0.6 is 0 Å². The number of nitrogens with zero attached hydrogens (tertiary/aromatic N) is 2. The fourth-order valence-electron chi connectivity index (χ4n) is 1.81. The van der Waals surface area contributed by atoms with E-state index < -0.39 is 0 Å². The van der Waals surface area contributed by atoms with Gasteiger partial charge in [0, 0.05) is 17.4 Å². The Morgan fingerprint density at radius 3 is 2.43 bits per heavy atom. The van der Waals surface area contributed by atoms with Crippen molar-refractivity contribution in [1.29, 1.82) is 0 Å². The third-order valence-corrected chi connectivity index (χ3v) is 3.00. The van der Waals surface area contributed by atoms with E-state index in [0.29, 0.717) is 22.4 Å². The Morgan fingerprint density at radius 1 is 1.24 bits per heavy atom. The highest BCUT2D eigenvalue weighted by molar-refractivity contribution is 5.96. The van der Waals surface area contributed by atoms with Crippen molar-refractivity contribution in [2.24, 2.45) is 16.1 Å². The molecule has 1 amide bonds. The van der Waals surface area contributed by atoms with Crippen LogP contribution in [0.4, 0.5) is 5.69 Å². The Kier molecular flexibility index (Phi) is 4.11. The van der Waals surface area contributed by atoms with Gasteiger partial charge in [-0.1, -0.05) is 13.8 Å². The van der Waals surface area contributed by atoms with Gasteiger partial charge in [-0.2, -0.15) is 0 Å². The molecule has 0 bridgehead atoms. The second-order valence-electron chi connectivity index (χ2n) is 4.77. The van der Waals surface area contributed by atoms with Gasteiger partial charge in [-0.15, -0.1) is 10.2 Å². The number of benzene rings is 1. The van der Waals surface area contributed by atoms with Gasteiger partial charge in [-0.3, -0.25) is 4.79 Å². The van der Waals surface area contributed by atoms with Crippen molar-refractivity contribution in [3.63, 3.8) is 0 Å². The number of amides is 1. The lowest BCUT2D eigenvalue weighted by Crippen LogP contribution is -2.01. The highest BCUT2D eigenvalue weighted by Crippen LogP contribution is 2.41. The summed E-state index contributed by atoms with van der Waals surface area (Å²) in [6, 6.07) is 3.34. The molecule has 21 heavy (non-hydrogen) atoms. The highest BCUT2D eigenvalue weighted by atomic mass is 16.5. The number of carbonyl (C=O) groups excluding carboxylic acids is 1. The smallest absolute Gasteiger partial charge is 0.267 e. The summed E-state index contributed by atoms with van der Waals surface area (Å²) in [5.74, 6) is 0.240. The number of hydrogen-bond acceptors (Lipinski definition) is 5. The van der Waals surface area contributed by atoms with E-state index in [1.807, 2.05) is 0 Å². The van der Waals surface area contributed by atoms with Crippen LogP contribution in [0.15, 0.2) is 22.4 Å². The monoisotopic (exact) mass is 291 g/mol. The molecule has 0 aliphatic rings. The fraction of sp³-hybridized carbons (Fsp3) is 0.357. The first-order valence-electron chi connectivity index (χ1n) is 6.40. The molecule has 2 rings (SSSR count). The Bertz CT molecular complexity index is 704. The molecule has 1 aromatic carbocycles. The molecule has 0 saturated heterocycles. The maximum Gasteiger partial charge on any atom is 0.267 e. The first kappa shape index (κ1) is 14.8. The zero-order valence-corrected chi connectivity index (χ0v) is 12.3. The van der Waals surface area contributed by atoms with Gasteiger partial charge in [0.15, 0.2) is 17.2 Å². The first-order valence-corrected chi connectivity index (χ1v) is 6.40. The van der Waals surface area contributed by atoms with Crippen LogP contribution in [0.3, 0.4) is 0 Å². The predicted octanol–water partition coefficient (Wildman–Crippen LogP) is 3.16. The molecule has 1 aromatic heterocycles. The van der Waals surface area contributed by atoms with E-state index in [1.165, 1.54) is 14.2 Å². The number of aromatic hydroxyl groups is 1. The zero-order valence-electron chi connectivity index (χ0n) is 12.3. The van der Waals surface area contributed by atoms with E-state index in [0.717, 1.165) is 0 Å². The number of methoxy groups -OCH3 is 2. The normalized spacial score (nSPS) is 11.5. The molecule has 0 unspecified atom stereocenters. The van der Waals surface area contributed by atoms with Gasteiger partial charge >= 0.3 is 0 Å². The second kappa shape index (κ2) is 5.82. The largest absolute Gasteiger partial charge is 0.493 e. The van der Waals surface area contributed by atoms with Crippen molar-refractivity contribution in [3.05, 3.63) is 12.1 Å². The maximum atomic E-state index is 11.5. The number of aromatic amines is 1. The van der Waals surface area contributed by atoms with Crippen molar-refractivity contribution in [3.8, 4) is 17.4 Å². The molecular formula is C14H17N3O4. The van der Waals surface area contributed by atoms with Crippen molar-refractivity contribution in [1.82, 2.24) is 4.98 Å². The molecule has 7 heteroatoms. The van der Waals surface area contributed by atoms with Gasteiger partial charge in [0.2, 0.25) is 5.88 Å². The highest BCUT2D eigenvalue weighted by Gasteiger charge is 2.15. The van der Waals surface area contributed by atoms with Crippen molar-refractivity contribution in [2.45, 2.75) is 13.8 Å². The molecule has 0 fully saturated rings. The van der Waals surface area contributed by atoms with Crippen LogP contribution in [0.5, 0.6) is 17.4 Å². The summed E-state index contributed by atoms with van der Waals surface area (Å²) < 4.78 is 10.4. The molecule has 0 atom stereocenters. The van der Waals surface area contributed by atoms with E-state index in [2.05, 4.69) is 15.2 Å². The van der Waals surface area contributed by atoms with Gasteiger partial charge in [0.1, 0.15) is 0 Å². The molecule has 7 nitrogen and oxygen atoms in total. The predicted molar refractivity (Wildman–Crippen MR) is 77.4 cm³/mol. The summed E-state index contributed by atoms with van der Waals surface area (Å²) in [5.41, 5.74) is 0.802. The third kappa shape index (κ3) is 2.81. The van der Waals surface area contributed by atoms with Crippen LogP contribution in [-0.2, 0) is 4.79 Å². The second-order valence-corrected chi connectivity index (χ2v) is 4.77. The topological polar surface area (TPSA) is 96.3 Å². The van der Waals surface area contributed by atoms with Gasteiger partial charge in [-0.25, -0.2) is 0 Å². The summed E-state index contributed by atoms with van der Waals surface area (Å²) in [4.78, 5) is 14.3. The Morgan fingerprint density at radius 2 is 1.86 bits per heavy atom. The Labute approximate surface area is 121 Å². The minimum atomic E-state index is -0.357. The zero-order chi connectivity index (χ0) is 15.6. The quantitative estimate of drug-likeness (QED) is 0.845. The molecule has 112 valence electrons. The lowest BCUT2D eigenvalue weighted by atomic mass is 10.2. The van der Waals surface area contributed by atoms with Gasteiger partial charge in [0.05, 0.1) is 19.7 Å². The molecule has 0 radical (unpaired) electrons. The van der Waals surface area contributed by atoms with E-state index in [4.69, 9.17) is 9.47 Å². The molecular weight excluding hydrogens is 274 g/mol. The van der Waals surface area contributed by atoms with Crippen molar-refractivity contribution in [2.75, 3.05) is 14.2 Å². The van der Waals surface area contributed by atoms with E-state index in [1.54, 1.807) is 26.0 Å². The first-order chi connectivity index (χ1) is 9.97. The van der Waals surface area contributed by atoms with E-state index in [9.17, 15) is 9.90 Å². The molecule has 2 N–H and O–H groups in total. The summed E-state index contributed by atoms with van der Waals surface area (Å²) in [6.45, 7) is 3.45. The summed E-state index contributed by atoms with van der Waals surface area (Å²) in [7, 11) is 3.04. The van der Waals surface area contributed by atoms with E-state index >= 15 is 0 Å². The number of ether oxygens (including phenoxy) is 2. The van der Waals surface area contributed by atoms with Crippen LogP contribution in [0.1, 0.15) is 13.8 Å².